The van der Waals surface area contributed by atoms with Crippen molar-refractivity contribution in [2.45, 2.75) is 50.9 Å². The summed E-state index contributed by atoms with van der Waals surface area (Å²) >= 11 is 0. The second-order valence-electron chi connectivity index (χ2n) is 5.08. The Hall–Kier alpha value is -1.40. The van der Waals surface area contributed by atoms with Gasteiger partial charge in [0.15, 0.2) is 15.1 Å². The average molecular weight is 314 g/mol. The Kier molecular flexibility index (Phi) is 6.36. The summed E-state index contributed by atoms with van der Waals surface area (Å²) in [6.07, 6.45) is 0.338. The number of sulfone groups is 1. The fourth-order valence-electron chi connectivity index (χ4n) is 1.70. The second-order valence-corrected chi connectivity index (χ2v) is 7.40. The molecular weight excluding hydrogens is 292 g/mol. The molecule has 0 aliphatic heterocycles. The van der Waals surface area contributed by atoms with Crippen LogP contribution in [0.1, 0.15) is 38.3 Å². The van der Waals surface area contributed by atoms with Crippen LogP contribution in [0.15, 0.2) is 24.3 Å². The van der Waals surface area contributed by atoms with Crippen molar-refractivity contribution < 1.29 is 23.1 Å². The van der Waals surface area contributed by atoms with Crippen LogP contribution in [0.3, 0.4) is 0 Å². The Balaban J connectivity index is 2.82. The van der Waals surface area contributed by atoms with Gasteiger partial charge in [0.2, 0.25) is 0 Å². The highest BCUT2D eigenvalue weighted by molar-refractivity contribution is 7.92. The molecule has 6 heteroatoms. The van der Waals surface area contributed by atoms with Crippen molar-refractivity contribution in [3.63, 3.8) is 0 Å². The van der Waals surface area contributed by atoms with Crippen LogP contribution < -0.4 is 0 Å². The largest absolute Gasteiger partial charge is 0.462 e. The first-order valence-corrected chi connectivity index (χ1v) is 8.62. The maximum Gasteiger partial charge on any atom is 0.324 e. The molecule has 1 N–H and O–H groups in total. The topological polar surface area (TPSA) is 80.7 Å². The maximum absolute atomic E-state index is 12.2. The van der Waals surface area contributed by atoms with Gasteiger partial charge in [-0.05, 0) is 31.4 Å². The van der Waals surface area contributed by atoms with Gasteiger partial charge in [0.1, 0.15) is 0 Å². The third-order valence-electron chi connectivity index (χ3n) is 3.30. The van der Waals surface area contributed by atoms with Crippen molar-refractivity contribution in [1.29, 1.82) is 0 Å². The maximum atomic E-state index is 12.2. The number of carbonyl (C=O) groups is 1. The van der Waals surface area contributed by atoms with Crippen molar-refractivity contribution in [3.8, 4) is 0 Å². The first kappa shape index (κ1) is 17.7. The molecule has 2 unspecified atom stereocenters. The summed E-state index contributed by atoms with van der Waals surface area (Å²) in [5.74, 6) is -0.972. The number of esters is 1. The number of rotatable bonds is 7. The van der Waals surface area contributed by atoms with Gasteiger partial charge in [0.25, 0.3) is 0 Å². The molecule has 21 heavy (non-hydrogen) atoms. The molecule has 0 saturated carbocycles. The second kappa shape index (κ2) is 7.56. The number of aliphatic hydroxyl groups excluding tert-OH is 1. The molecule has 0 bridgehead atoms. The van der Waals surface area contributed by atoms with E-state index in [9.17, 15) is 13.2 Å². The number of carbonyl (C=O) groups excluding carboxylic acids is 1. The zero-order chi connectivity index (χ0) is 16.0. The molecular formula is C15H22O5S. The monoisotopic (exact) mass is 314 g/mol. The van der Waals surface area contributed by atoms with Gasteiger partial charge in [0, 0.05) is 0 Å². The highest BCUT2D eigenvalue weighted by Gasteiger charge is 2.30. The van der Waals surface area contributed by atoms with E-state index in [0.29, 0.717) is 17.5 Å². The van der Waals surface area contributed by atoms with E-state index in [1.165, 1.54) is 6.92 Å². The van der Waals surface area contributed by atoms with E-state index in [-0.39, 0.29) is 18.5 Å². The lowest BCUT2D eigenvalue weighted by molar-refractivity contribution is -0.147. The number of benzene rings is 1. The highest BCUT2D eigenvalue weighted by atomic mass is 32.2. The Morgan fingerprint density at radius 1 is 1.29 bits per heavy atom. The number of hydrogen-bond donors (Lipinski definition) is 1. The molecule has 1 aromatic rings. The lowest BCUT2D eigenvalue weighted by Gasteiger charge is -2.16. The molecule has 0 fully saturated rings. The van der Waals surface area contributed by atoms with Crippen LogP contribution >= 0.6 is 0 Å². The molecule has 0 spiro atoms. The van der Waals surface area contributed by atoms with Crippen molar-refractivity contribution in [2.24, 2.45) is 0 Å². The van der Waals surface area contributed by atoms with E-state index in [1.807, 2.05) is 6.92 Å². The molecule has 0 radical (unpaired) electrons. The molecule has 5 nitrogen and oxygen atoms in total. The summed E-state index contributed by atoms with van der Waals surface area (Å²) in [5, 5.41) is 7.86. The van der Waals surface area contributed by atoms with Crippen molar-refractivity contribution in [1.82, 2.24) is 0 Å². The van der Waals surface area contributed by atoms with E-state index in [2.05, 4.69) is 0 Å². The lowest BCUT2D eigenvalue weighted by Crippen LogP contribution is -2.32. The molecule has 0 heterocycles. The summed E-state index contributed by atoms with van der Waals surface area (Å²) in [4.78, 5) is 11.8. The number of aliphatic hydroxyl groups is 1. The molecule has 0 aliphatic carbocycles. The molecule has 1 rings (SSSR count). The van der Waals surface area contributed by atoms with Gasteiger partial charge in [0.05, 0.1) is 18.5 Å². The zero-order valence-electron chi connectivity index (χ0n) is 12.6. The molecule has 0 amide bonds. The number of ether oxygens (including phenoxy) is 1. The summed E-state index contributed by atoms with van der Waals surface area (Å²) < 4.78 is 29.6. The van der Waals surface area contributed by atoms with Gasteiger partial charge < -0.3 is 9.84 Å². The standard InChI is InChI=1S/C15H22O5S/c1-4-11(2)20-15(17)12(3)21(18,19)10-14-7-5-6-13(8-14)9-16/h5-8,11-12,16H,4,9-10H2,1-3H3. The van der Waals surface area contributed by atoms with Gasteiger partial charge >= 0.3 is 5.97 Å². The minimum Gasteiger partial charge on any atom is -0.462 e. The van der Waals surface area contributed by atoms with E-state index in [1.54, 1.807) is 31.2 Å². The average Bonchev–Trinajstić information content (AvgIpc) is 2.45. The summed E-state index contributed by atoms with van der Waals surface area (Å²) in [6.45, 7) is 4.77. The van der Waals surface area contributed by atoms with Gasteiger partial charge in [-0.2, -0.15) is 0 Å². The Morgan fingerprint density at radius 2 is 1.90 bits per heavy atom. The Bertz CT molecular complexity index is 579. The molecule has 118 valence electrons. The first-order valence-electron chi connectivity index (χ1n) is 6.91. The van der Waals surface area contributed by atoms with E-state index in [0.717, 1.165) is 0 Å². The van der Waals surface area contributed by atoms with Crippen LogP contribution in [0.25, 0.3) is 0 Å². The Labute approximate surface area is 125 Å². The van der Waals surface area contributed by atoms with Gasteiger partial charge in [-0.3, -0.25) is 4.79 Å². The zero-order valence-corrected chi connectivity index (χ0v) is 13.4. The first-order chi connectivity index (χ1) is 9.80. The highest BCUT2D eigenvalue weighted by Crippen LogP contribution is 2.15. The molecule has 0 saturated heterocycles. The van der Waals surface area contributed by atoms with Crippen molar-refractivity contribution in [2.75, 3.05) is 0 Å². The van der Waals surface area contributed by atoms with E-state index in [4.69, 9.17) is 9.84 Å². The predicted octanol–water partition coefficient (Wildman–Crippen LogP) is 1.82. The fraction of sp³-hybridized carbons (Fsp3) is 0.533. The van der Waals surface area contributed by atoms with Crippen molar-refractivity contribution in [3.05, 3.63) is 35.4 Å². The Morgan fingerprint density at radius 3 is 2.48 bits per heavy atom. The van der Waals surface area contributed by atoms with E-state index >= 15 is 0 Å². The van der Waals surface area contributed by atoms with Crippen molar-refractivity contribution >= 4 is 15.8 Å². The molecule has 0 aliphatic rings. The summed E-state index contributed by atoms with van der Waals surface area (Å²) in [5.41, 5.74) is 1.18. The SMILES string of the molecule is CCC(C)OC(=O)C(C)S(=O)(=O)Cc1cccc(CO)c1. The third-order valence-corrected chi connectivity index (χ3v) is 5.31. The summed E-state index contributed by atoms with van der Waals surface area (Å²) in [6, 6.07) is 6.66. The molecule has 2 atom stereocenters. The molecule has 1 aromatic carbocycles. The normalized spacial score (nSPS) is 14.5. The van der Waals surface area contributed by atoms with Crippen LogP contribution in [0.5, 0.6) is 0 Å². The minimum atomic E-state index is -3.65. The summed E-state index contributed by atoms with van der Waals surface area (Å²) in [7, 11) is -3.65. The third kappa shape index (κ3) is 5.13. The number of hydrogen-bond acceptors (Lipinski definition) is 5. The van der Waals surface area contributed by atoms with Gasteiger partial charge in [-0.25, -0.2) is 8.42 Å². The fourth-order valence-corrected chi connectivity index (χ4v) is 2.94. The van der Waals surface area contributed by atoms with Crippen LogP contribution in [0.2, 0.25) is 0 Å². The van der Waals surface area contributed by atoms with Gasteiger partial charge in [-0.1, -0.05) is 31.2 Å². The van der Waals surface area contributed by atoms with Crippen LogP contribution in [-0.2, 0) is 31.7 Å². The predicted molar refractivity (Wildman–Crippen MR) is 80.3 cm³/mol. The minimum absolute atomic E-state index is 0.153. The van der Waals surface area contributed by atoms with Gasteiger partial charge in [-0.15, -0.1) is 0 Å². The quantitative estimate of drug-likeness (QED) is 0.777. The van der Waals surface area contributed by atoms with Crippen LogP contribution in [0, 0.1) is 0 Å². The lowest BCUT2D eigenvalue weighted by atomic mass is 10.1. The van der Waals surface area contributed by atoms with Crippen LogP contribution in [-0.4, -0.2) is 30.8 Å². The van der Waals surface area contributed by atoms with Crippen LogP contribution in [0.4, 0.5) is 0 Å². The molecule has 0 aromatic heterocycles. The smallest absolute Gasteiger partial charge is 0.324 e. The van der Waals surface area contributed by atoms with E-state index < -0.39 is 21.1 Å².